The van der Waals surface area contributed by atoms with Gasteiger partial charge in [-0.3, -0.25) is 4.79 Å². The van der Waals surface area contributed by atoms with Crippen molar-refractivity contribution in [1.29, 1.82) is 0 Å². The quantitative estimate of drug-likeness (QED) is 0.768. The second-order valence-electron chi connectivity index (χ2n) is 5.15. The fourth-order valence-corrected chi connectivity index (χ4v) is 2.49. The highest BCUT2D eigenvalue weighted by atomic mass is 35.5. The van der Waals surface area contributed by atoms with E-state index in [9.17, 15) is 18.0 Å². The standard InChI is InChI=1S/C14H16ClF3N4O/c1-2-5-22(9-14(16,17)18)12(23)11-10(15)8-19-13(20-11)21-6-3-4-7-21/h2,8H,1,3-7,9H2. The number of halogens is 4. The molecule has 0 spiro atoms. The molecule has 0 saturated carbocycles. The van der Waals surface area contributed by atoms with Crippen LogP contribution in [0.2, 0.25) is 5.02 Å². The van der Waals surface area contributed by atoms with Gasteiger partial charge in [-0.05, 0) is 12.8 Å². The van der Waals surface area contributed by atoms with E-state index in [0.717, 1.165) is 25.9 Å². The van der Waals surface area contributed by atoms with Crippen LogP contribution < -0.4 is 4.90 Å². The maximum atomic E-state index is 12.6. The molecule has 9 heteroatoms. The molecule has 1 aliphatic heterocycles. The molecule has 0 N–H and O–H groups in total. The molecule has 0 atom stereocenters. The smallest absolute Gasteiger partial charge is 0.341 e. The molecule has 1 fully saturated rings. The van der Waals surface area contributed by atoms with Crippen LogP contribution in [-0.2, 0) is 0 Å². The Labute approximate surface area is 136 Å². The minimum absolute atomic E-state index is 0.0748. The molecule has 1 amide bonds. The summed E-state index contributed by atoms with van der Waals surface area (Å²) in [6.07, 6.45) is -0.0942. The van der Waals surface area contributed by atoms with Crippen LogP contribution in [0.25, 0.3) is 0 Å². The SMILES string of the molecule is C=CCN(CC(F)(F)F)C(=O)c1nc(N2CCCC2)ncc1Cl. The van der Waals surface area contributed by atoms with Gasteiger partial charge in [-0.15, -0.1) is 6.58 Å². The lowest BCUT2D eigenvalue weighted by atomic mass is 10.3. The Morgan fingerprint density at radius 2 is 2.09 bits per heavy atom. The Hall–Kier alpha value is -1.83. The Morgan fingerprint density at radius 3 is 2.65 bits per heavy atom. The molecule has 2 heterocycles. The Balaban J connectivity index is 2.28. The highest BCUT2D eigenvalue weighted by Crippen LogP contribution is 2.23. The summed E-state index contributed by atoms with van der Waals surface area (Å²) < 4.78 is 37.9. The second-order valence-corrected chi connectivity index (χ2v) is 5.56. The van der Waals surface area contributed by atoms with Crippen molar-refractivity contribution in [1.82, 2.24) is 14.9 Å². The summed E-state index contributed by atoms with van der Waals surface area (Å²) in [4.78, 5) is 23.0. The van der Waals surface area contributed by atoms with Crippen LogP contribution in [0.4, 0.5) is 19.1 Å². The van der Waals surface area contributed by atoms with Gasteiger partial charge in [-0.1, -0.05) is 17.7 Å². The van der Waals surface area contributed by atoms with Gasteiger partial charge in [0.05, 0.1) is 11.2 Å². The zero-order valence-electron chi connectivity index (χ0n) is 12.3. The first-order valence-electron chi connectivity index (χ1n) is 7.06. The number of amides is 1. The third-order valence-electron chi connectivity index (χ3n) is 3.33. The fourth-order valence-electron chi connectivity index (χ4n) is 2.32. The number of hydrogen-bond acceptors (Lipinski definition) is 4. The second kappa shape index (κ2) is 7.16. The minimum atomic E-state index is -4.52. The third-order valence-corrected chi connectivity index (χ3v) is 3.61. The maximum Gasteiger partial charge on any atom is 0.406 e. The molecular formula is C14H16ClF3N4O. The zero-order chi connectivity index (χ0) is 17.0. The van der Waals surface area contributed by atoms with E-state index in [1.54, 1.807) is 0 Å². The number of anilines is 1. The highest BCUT2D eigenvalue weighted by Gasteiger charge is 2.34. The molecule has 1 saturated heterocycles. The van der Waals surface area contributed by atoms with Crippen LogP contribution in [0.3, 0.4) is 0 Å². The average molecular weight is 349 g/mol. The lowest BCUT2D eigenvalue weighted by Crippen LogP contribution is -2.39. The Morgan fingerprint density at radius 1 is 1.43 bits per heavy atom. The number of hydrogen-bond donors (Lipinski definition) is 0. The van der Waals surface area contributed by atoms with E-state index >= 15 is 0 Å². The van der Waals surface area contributed by atoms with Crippen LogP contribution in [-0.4, -0.2) is 53.1 Å². The predicted octanol–water partition coefficient (Wildman–Crippen LogP) is 2.92. The first kappa shape index (κ1) is 17.5. The number of aromatic nitrogens is 2. The van der Waals surface area contributed by atoms with E-state index in [-0.39, 0.29) is 17.3 Å². The molecule has 2 rings (SSSR count). The number of alkyl halides is 3. The van der Waals surface area contributed by atoms with Crippen molar-refractivity contribution in [2.75, 3.05) is 31.1 Å². The molecule has 0 aromatic carbocycles. The summed E-state index contributed by atoms with van der Waals surface area (Å²) in [6, 6.07) is 0. The molecule has 1 aliphatic rings. The lowest BCUT2D eigenvalue weighted by molar-refractivity contribution is -0.139. The van der Waals surface area contributed by atoms with E-state index in [4.69, 9.17) is 11.6 Å². The van der Waals surface area contributed by atoms with Gasteiger partial charge in [-0.2, -0.15) is 13.2 Å². The number of carbonyl (C=O) groups excluding carboxylic acids is 1. The molecule has 0 radical (unpaired) electrons. The van der Waals surface area contributed by atoms with Crippen molar-refractivity contribution in [3.63, 3.8) is 0 Å². The number of nitrogens with zero attached hydrogens (tertiary/aromatic N) is 4. The largest absolute Gasteiger partial charge is 0.406 e. The van der Waals surface area contributed by atoms with Gasteiger partial charge in [0.15, 0.2) is 5.69 Å². The van der Waals surface area contributed by atoms with Crippen LogP contribution in [0.1, 0.15) is 23.3 Å². The van der Waals surface area contributed by atoms with Crippen molar-refractivity contribution in [2.45, 2.75) is 19.0 Å². The number of rotatable bonds is 5. The molecule has 1 aromatic rings. The molecule has 0 unspecified atom stereocenters. The van der Waals surface area contributed by atoms with E-state index in [1.807, 2.05) is 4.90 Å². The van der Waals surface area contributed by atoms with E-state index in [2.05, 4.69) is 16.5 Å². The predicted molar refractivity (Wildman–Crippen MR) is 80.6 cm³/mol. The van der Waals surface area contributed by atoms with Gasteiger partial charge in [0.1, 0.15) is 6.54 Å². The number of carbonyl (C=O) groups is 1. The summed E-state index contributed by atoms with van der Waals surface area (Å²) in [5.74, 6) is -0.587. The molecule has 0 aliphatic carbocycles. The summed E-state index contributed by atoms with van der Waals surface area (Å²) in [5.41, 5.74) is -0.227. The van der Waals surface area contributed by atoms with Crippen LogP contribution in [0.5, 0.6) is 0 Å². The first-order chi connectivity index (χ1) is 10.8. The minimum Gasteiger partial charge on any atom is -0.341 e. The first-order valence-corrected chi connectivity index (χ1v) is 7.44. The van der Waals surface area contributed by atoms with Crippen LogP contribution in [0, 0.1) is 0 Å². The topological polar surface area (TPSA) is 49.3 Å². The summed E-state index contributed by atoms with van der Waals surface area (Å²) in [5, 5.41) is -0.0748. The summed E-state index contributed by atoms with van der Waals surface area (Å²) >= 11 is 5.92. The van der Waals surface area contributed by atoms with Gasteiger partial charge in [0.2, 0.25) is 5.95 Å². The molecule has 5 nitrogen and oxygen atoms in total. The van der Waals surface area contributed by atoms with Crippen molar-refractivity contribution in [3.8, 4) is 0 Å². The van der Waals surface area contributed by atoms with E-state index < -0.39 is 18.6 Å². The summed E-state index contributed by atoms with van der Waals surface area (Å²) in [7, 11) is 0. The van der Waals surface area contributed by atoms with Gasteiger partial charge in [0.25, 0.3) is 5.91 Å². The van der Waals surface area contributed by atoms with Gasteiger partial charge >= 0.3 is 6.18 Å². The lowest BCUT2D eigenvalue weighted by Gasteiger charge is -2.23. The van der Waals surface area contributed by atoms with E-state index in [1.165, 1.54) is 12.3 Å². The van der Waals surface area contributed by atoms with Gasteiger partial charge < -0.3 is 9.80 Å². The van der Waals surface area contributed by atoms with Crippen molar-refractivity contribution in [2.24, 2.45) is 0 Å². The summed E-state index contributed by atoms with van der Waals surface area (Å²) in [6.45, 7) is 3.22. The van der Waals surface area contributed by atoms with Crippen molar-refractivity contribution in [3.05, 3.63) is 29.6 Å². The van der Waals surface area contributed by atoms with Crippen LogP contribution >= 0.6 is 11.6 Å². The fraction of sp³-hybridized carbons (Fsp3) is 0.500. The third kappa shape index (κ3) is 4.57. The molecule has 126 valence electrons. The normalized spacial score (nSPS) is 14.9. The van der Waals surface area contributed by atoms with Crippen molar-refractivity contribution < 1.29 is 18.0 Å². The van der Waals surface area contributed by atoms with Gasteiger partial charge in [-0.25, -0.2) is 9.97 Å². The molecule has 0 bridgehead atoms. The average Bonchev–Trinajstić information content (AvgIpc) is 2.99. The molecule has 1 aromatic heterocycles. The molecule has 23 heavy (non-hydrogen) atoms. The molecular weight excluding hydrogens is 333 g/mol. The maximum absolute atomic E-state index is 12.6. The Bertz CT molecular complexity index is 588. The van der Waals surface area contributed by atoms with Crippen molar-refractivity contribution >= 4 is 23.5 Å². The van der Waals surface area contributed by atoms with Crippen LogP contribution in [0.15, 0.2) is 18.9 Å². The Kier molecular flexibility index (Phi) is 5.46. The highest BCUT2D eigenvalue weighted by molar-refractivity contribution is 6.33. The van der Waals surface area contributed by atoms with E-state index in [0.29, 0.717) is 10.8 Å². The zero-order valence-corrected chi connectivity index (χ0v) is 13.1. The monoisotopic (exact) mass is 348 g/mol. The van der Waals surface area contributed by atoms with Gasteiger partial charge in [0, 0.05) is 19.6 Å².